The molecule has 0 saturated carbocycles. The van der Waals surface area contributed by atoms with Crippen molar-refractivity contribution in [3.05, 3.63) is 16.7 Å². The Balaban J connectivity index is 2.21. The van der Waals surface area contributed by atoms with Crippen LogP contribution in [0, 0.1) is 0 Å². The van der Waals surface area contributed by atoms with Gasteiger partial charge in [0.15, 0.2) is 11.5 Å². The molecule has 1 aromatic carbocycles. The average Bonchev–Trinajstić information content (AvgIpc) is 2.52. The van der Waals surface area contributed by atoms with Crippen LogP contribution in [0.4, 0.5) is 0 Å². The molecule has 5 nitrogen and oxygen atoms in total. The standard InChI is InChI=1S/C16H23NO4/c1-17-9-12(18)13-10-5-3-8-21-16(10)15(19-2)11-6-4-7-20-14(11)13/h12,17-18H,3-9H2,1-2H3. The Morgan fingerprint density at radius 3 is 2.48 bits per heavy atom. The van der Waals surface area contributed by atoms with Crippen molar-refractivity contribution in [2.24, 2.45) is 0 Å². The van der Waals surface area contributed by atoms with E-state index >= 15 is 0 Å². The minimum Gasteiger partial charge on any atom is -0.493 e. The van der Waals surface area contributed by atoms with Crippen molar-refractivity contribution in [3.8, 4) is 17.2 Å². The number of aliphatic hydroxyl groups is 1. The number of likely N-dealkylation sites (N-methyl/N-ethyl adjacent to an activating group) is 1. The number of benzene rings is 1. The minimum absolute atomic E-state index is 0.495. The Hall–Kier alpha value is -1.46. The lowest BCUT2D eigenvalue weighted by Crippen LogP contribution is -2.24. The second-order valence-electron chi connectivity index (χ2n) is 5.54. The van der Waals surface area contributed by atoms with Gasteiger partial charge in [-0.2, -0.15) is 0 Å². The van der Waals surface area contributed by atoms with Crippen LogP contribution in [0.1, 0.15) is 35.6 Å². The maximum absolute atomic E-state index is 10.6. The molecule has 0 fully saturated rings. The van der Waals surface area contributed by atoms with Crippen LogP contribution >= 0.6 is 0 Å². The van der Waals surface area contributed by atoms with Gasteiger partial charge in [-0.05, 0) is 32.7 Å². The van der Waals surface area contributed by atoms with E-state index in [-0.39, 0.29) is 0 Å². The highest BCUT2D eigenvalue weighted by molar-refractivity contribution is 5.65. The summed E-state index contributed by atoms with van der Waals surface area (Å²) in [5, 5.41) is 13.6. The van der Waals surface area contributed by atoms with Gasteiger partial charge in [-0.25, -0.2) is 0 Å². The third-order valence-corrected chi connectivity index (χ3v) is 4.17. The fraction of sp³-hybridized carbons (Fsp3) is 0.625. The number of aliphatic hydroxyl groups excluding tert-OH is 1. The molecule has 1 aromatic rings. The Kier molecular flexibility index (Phi) is 4.22. The molecule has 0 radical (unpaired) electrons. The fourth-order valence-electron chi connectivity index (χ4n) is 3.30. The second kappa shape index (κ2) is 6.12. The first kappa shape index (κ1) is 14.5. The van der Waals surface area contributed by atoms with Gasteiger partial charge in [0.25, 0.3) is 0 Å². The molecule has 0 amide bonds. The molecule has 0 bridgehead atoms. The summed E-state index contributed by atoms with van der Waals surface area (Å²) in [6.45, 7) is 1.88. The molecule has 2 heterocycles. The van der Waals surface area contributed by atoms with Crippen molar-refractivity contribution in [2.75, 3.05) is 33.9 Å². The van der Waals surface area contributed by atoms with Crippen molar-refractivity contribution in [2.45, 2.75) is 31.8 Å². The van der Waals surface area contributed by atoms with E-state index in [2.05, 4.69) is 5.32 Å². The zero-order valence-corrected chi connectivity index (χ0v) is 12.7. The van der Waals surface area contributed by atoms with Gasteiger partial charge in [0.2, 0.25) is 0 Å². The Bertz CT molecular complexity index is 492. The first-order valence-corrected chi connectivity index (χ1v) is 7.61. The van der Waals surface area contributed by atoms with Crippen LogP contribution in [-0.2, 0) is 12.8 Å². The summed E-state index contributed by atoms with van der Waals surface area (Å²) in [7, 11) is 3.51. The molecule has 2 aliphatic rings. The van der Waals surface area contributed by atoms with E-state index in [1.165, 1.54) is 0 Å². The number of nitrogens with one attached hydrogen (secondary N) is 1. The van der Waals surface area contributed by atoms with Crippen LogP contribution in [0.25, 0.3) is 0 Å². The molecule has 0 aromatic heterocycles. The molecule has 3 rings (SSSR count). The van der Waals surface area contributed by atoms with Crippen molar-refractivity contribution >= 4 is 0 Å². The van der Waals surface area contributed by atoms with Gasteiger partial charge >= 0.3 is 0 Å². The first-order valence-electron chi connectivity index (χ1n) is 7.61. The molecule has 0 aliphatic carbocycles. The Morgan fingerprint density at radius 1 is 1.14 bits per heavy atom. The number of ether oxygens (including phenoxy) is 3. The lowest BCUT2D eigenvalue weighted by atomic mass is 9.89. The highest BCUT2D eigenvalue weighted by Gasteiger charge is 2.32. The zero-order valence-electron chi connectivity index (χ0n) is 12.7. The molecule has 5 heteroatoms. The summed E-state index contributed by atoms with van der Waals surface area (Å²) < 4.78 is 17.4. The highest BCUT2D eigenvalue weighted by atomic mass is 16.5. The normalized spacial score (nSPS) is 18.0. The molecular weight excluding hydrogens is 270 g/mol. The van der Waals surface area contributed by atoms with Crippen molar-refractivity contribution in [1.29, 1.82) is 0 Å². The van der Waals surface area contributed by atoms with E-state index in [1.807, 2.05) is 7.05 Å². The number of rotatable bonds is 4. The van der Waals surface area contributed by atoms with E-state index in [0.29, 0.717) is 19.8 Å². The van der Waals surface area contributed by atoms with Crippen LogP contribution < -0.4 is 19.5 Å². The molecule has 1 atom stereocenters. The monoisotopic (exact) mass is 293 g/mol. The average molecular weight is 293 g/mol. The second-order valence-corrected chi connectivity index (χ2v) is 5.54. The van der Waals surface area contributed by atoms with Gasteiger partial charge < -0.3 is 24.6 Å². The van der Waals surface area contributed by atoms with Crippen LogP contribution in [0.5, 0.6) is 17.2 Å². The predicted octanol–water partition coefficient (Wildman–Crippen LogP) is 1.60. The summed E-state index contributed by atoms with van der Waals surface area (Å²) in [4.78, 5) is 0. The molecule has 2 N–H and O–H groups in total. The predicted molar refractivity (Wildman–Crippen MR) is 79.5 cm³/mol. The van der Waals surface area contributed by atoms with Crippen molar-refractivity contribution in [1.82, 2.24) is 5.32 Å². The summed E-state index contributed by atoms with van der Waals surface area (Å²) in [5.74, 6) is 2.41. The maximum Gasteiger partial charge on any atom is 0.167 e. The molecule has 0 saturated heterocycles. The van der Waals surface area contributed by atoms with Crippen LogP contribution in [-0.4, -0.2) is 39.0 Å². The molecule has 2 aliphatic heterocycles. The summed E-state index contributed by atoms with van der Waals surface area (Å²) in [6, 6.07) is 0. The van der Waals surface area contributed by atoms with Crippen molar-refractivity contribution < 1.29 is 19.3 Å². The first-order chi connectivity index (χ1) is 10.3. The smallest absolute Gasteiger partial charge is 0.167 e. The lowest BCUT2D eigenvalue weighted by molar-refractivity contribution is 0.164. The van der Waals surface area contributed by atoms with Gasteiger partial charge in [0.05, 0.1) is 26.4 Å². The van der Waals surface area contributed by atoms with E-state index in [0.717, 1.165) is 59.6 Å². The molecular formula is C16H23NO4. The number of hydrogen-bond donors (Lipinski definition) is 2. The number of hydrogen-bond acceptors (Lipinski definition) is 5. The summed E-state index contributed by atoms with van der Waals surface area (Å²) >= 11 is 0. The van der Waals surface area contributed by atoms with E-state index in [4.69, 9.17) is 14.2 Å². The summed E-state index contributed by atoms with van der Waals surface area (Å²) in [6.07, 6.45) is 3.10. The van der Waals surface area contributed by atoms with Crippen LogP contribution in [0.15, 0.2) is 0 Å². The zero-order chi connectivity index (χ0) is 14.8. The summed E-state index contributed by atoms with van der Waals surface area (Å²) in [5.41, 5.74) is 2.96. The van der Waals surface area contributed by atoms with E-state index in [9.17, 15) is 5.11 Å². The van der Waals surface area contributed by atoms with Gasteiger partial charge in [-0.1, -0.05) is 0 Å². The molecule has 0 spiro atoms. The topological polar surface area (TPSA) is 60.0 Å². The van der Waals surface area contributed by atoms with Crippen LogP contribution in [0.2, 0.25) is 0 Å². The van der Waals surface area contributed by atoms with Gasteiger partial charge in [0, 0.05) is 23.2 Å². The van der Waals surface area contributed by atoms with Crippen molar-refractivity contribution in [3.63, 3.8) is 0 Å². The molecule has 21 heavy (non-hydrogen) atoms. The number of fused-ring (bicyclic) bond motifs is 2. The minimum atomic E-state index is -0.594. The SMILES string of the molecule is CNCC(O)c1c2c(c(OC)c3c1OCCC3)OCCC2. The van der Waals surface area contributed by atoms with E-state index < -0.39 is 6.10 Å². The molecule has 1 unspecified atom stereocenters. The highest BCUT2D eigenvalue weighted by Crippen LogP contribution is 2.49. The molecule has 116 valence electrons. The van der Waals surface area contributed by atoms with Crippen LogP contribution in [0.3, 0.4) is 0 Å². The lowest BCUT2D eigenvalue weighted by Gasteiger charge is -2.31. The third kappa shape index (κ3) is 2.45. The fourth-order valence-corrected chi connectivity index (χ4v) is 3.30. The maximum atomic E-state index is 10.6. The van der Waals surface area contributed by atoms with E-state index in [1.54, 1.807) is 7.11 Å². The third-order valence-electron chi connectivity index (χ3n) is 4.17. The van der Waals surface area contributed by atoms with Gasteiger partial charge in [0.1, 0.15) is 5.75 Å². The number of methoxy groups -OCH3 is 1. The quantitative estimate of drug-likeness (QED) is 0.883. The van der Waals surface area contributed by atoms with Gasteiger partial charge in [-0.3, -0.25) is 0 Å². The Labute approximate surface area is 125 Å². The van der Waals surface area contributed by atoms with Gasteiger partial charge in [-0.15, -0.1) is 0 Å². The largest absolute Gasteiger partial charge is 0.493 e. The Morgan fingerprint density at radius 2 is 1.81 bits per heavy atom.